The topological polar surface area (TPSA) is 100 Å². The van der Waals surface area contributed by atoms with Crippen LogP contribution in [0.2, 0.25) is 5.02 Å². The van der Waals surface area contributed by atoms with Gasteiger partial charge in [-0.25, -0.2) is 15.0 Å². The first-order chi connectivity index (χ1) is 18.4. The third-order valence-corrected chi connectivity index (χ3v) is 7.07. The fraction of sp³-hybridized carbons (Fsp3) is 0.103. The number of carbonyl (C=O) groups excluding carboxylic acids is 1. The average Bonchev–Trinajstić information content (AvgIpc) is 2.91. The van der Waals surface area contributed by atoms with Crippen molar-refractivity contribution in [3.63, 3.8) is 0 Å². The van der Waals surface area contributed by atoms with E-state index < -0.39 is 0 Å². The molecule has 0 atom stereocenters. The van der Waals surface area contributed by atoms with Crippen LogP contribution in [-0.2, 0) is 0 Å². The van der Waals surface area contributed by atoms with E-state index in [4.69, 9.17) is 11.6 Å². The second kappa shape index (κ2) is 11.1. The van der Waals surface area contributed by atoms with E-state index in [-0.39, 0.29) is 17.6 Å². The smallest absolute Gasteiger partial charge is 0.255 e. The molecule has 38 heavy (non-hydrogen) atoms. The van der Waals surface area contributed by atoms with Crippen LogP contribution in [0.15, 0.2) is 95.0 Å². The third kappa shape index (κ3) is 5.88. The van der Waals surface area contributed by atoms with Crippen LogP contribution >= 0.6 is 23.4 Å². The van der Waals surface area contributed by atoms with Gasteiger partial charge in [0.2, 0.25) is 0 Å². The van der Waals surface area contributed by atoms with E-state index in [2.05, 4.69) is 39.4 Å². The summed E-state index contributed by atoms with van der Waals surface area (Å²) in [7, 11) is 0. The number of amides is 1. The molecule has 0 aliphatic carbocycles. The molecule has 5 aromatic rings. The number of halogens is 1. The largest absolute Gasteiger partial charge is 0.508 e. The Bertz CT molecular complexity index is 1630. The molecular weight excluding hydrogens is 518 g/mol. The predicted molar refractivity (Wildman–Crippen MR) is 153 cm³/mol. The van der Waals surface area contributed by atoms with Crippen LogP contribution in [0.4, 0.5) is 17.2 Å². The van der Waals surface area contributed by atoms with Gasteiger partial charge < -0.3 is 15.7 Å². The zero-order valence-corrected chi connectivity index (χ0v) is 22.2. The molecule has 0 aliphatic heterocycles. The van der Waals surface area contributed by atoms with Gasteiger partial charge in [0.15, 0.2) is 5.65 Å². The van der Waals surface area contributed by atoms with Crippen molar-refractivity contribution in [3.8, 4) is 5.75 Å². The summed E-state index contributed by atoms with van der Waals surface area (Å²) in [6, 6.07) is 23.3. The summed E-state index contributed by atoms with van der Waals surface area (Å²) in [4.78, 5) is 28.2. The highest BCUT2D eigenvalue weighted by molar-refractivity contribution is 7.99. The number of rotatable bonds is 7. The first-order valence-corrected chi connectivity index (χ1v) is 13.1. The van der Waals surface area contributed by atoms with Crippen molar-refractivity contribution in [1.29, 1.82) is 0 Å². The molecule has 190 valence electrons. The maximum Gasteiger partial charge on any atom is 0.255 e. The molecule has 0 saturated carbocycles. The Morgan fingerprint density at radius 1 is 0.974 bits per heavy atom. The standard InChI is InChI=1S/C29H24ClN5O2S/c1-17(2)24-12-11-23-27(34-24)31-16-32-28(23)35-25-15-20(33-29(37)18-4-3-5-19(30)14-18)6-13-26(25)38-22-9-7-21(36)8-10-22/h3-17,36H,1-2H3,(H,33,37)(H,31,32,34,35). The van der Waals surface area contributed by atoms with Crippen LogP contribution in [0.3, 0.4) is 0 Å². The number of aromatic hydroxyl groups is 1. The molecule has 7 nitrogen and oxygen atoms in total. The molecule has 9 heteroatoms. The number of carbonyl (C=O) groups is 1. The lowest BCUT2D eigenvalue weighted by Gasteiger charge is -2.15. The van der Waals surface area contributed by atoms with Crippen molar-refractivity contribution in [3.05, 3.63) is 101 Å². The van der Waals surface area contributed by atoms with Gasteiger partial charge in [-0.3, -0.25) is 4.79 Å². The van der Waals surface area contributed by atoms with Gasteiger partial charge in [-0.2, -0.15) is 0 Å². The molecule has 3 N–H and O–H groups in total. The molecule has 0 unspecified atom stereocenters. The predicted octanol–water partition coefficient (Wildman–Crippen LogP) is 7.65. The highest BCUT2D eigenvalue weighted by Crippen LogP contribution is 2.38. The number of nitrogens with one attached hydrogen (secondary N) is 2. The summed E-state index contributed by atoms with van der Waals surface area (Å²) < 4.78 is 0. The van der Waals surface area contributed by atoms with Gasteiger partial charge in [-0.1, -0.05) is 43.3 Å². The van der Waals surface area contributed by atoms with Crippen molar-refractivity contribution in [2.75, 3.05) is 10.6 Å². The molecular formula is C29H24ClN5O2S. The molecule has 2 heterocycles. The van der Waals surface area contributed by atoms with Crippen LogP contribution < -0.4 is 10.6 Å². The molecule has 1 amide bonds. The number of benzene rings is 3. The third-order valence-electron chi connectivity index (χ3n) is 5.75. The van der Waals surface area contributed by atoms with Crippen molar-refractivity contribution in [2.24, 2.45) is 0 Å². The van der Waals surface area contributed by atoms with Gasteiger partial charge >= 0.3 is 0 Å². The number of phenolic OH excluding ortho intramolecular Hbond substituents is 1. The van der Waals surface area contributed by atoms with Gasteiger partial charge in [0.1, 0.15) is 17.9 Å². The molecule has 0 saturated heterocycles. The fourth-order valence-corrected chi connectivity index (χ4v) is 4.85. The summed E-state index contributed by atoms with van der Waals surface area (Å²) >= 11 is 7.58. The summed E-state index contributed by atoms with van der Waals surface area (Å²) in [6.45, 7) is 4.18. The number of anilines is 3. The van der Waals surface area contributed by atoms with E-state index >= 15 is 0 Å². The van der Waals surface area contributed by atoms with E-state index in [9.17, 15) is 9.90 Å². The van der Waals surface area contributed by atoms with Crippen LogP contribution in [-0.4, -0.2) is 26.0 Å². The first-order valence-electron chi connectivity index (χ1n) is 11.9. The fourth-order valence-electron chi connectivity index (χ4n) is 3.77. The lowest BCUT2D eigenvalue weighted by atomic mass is 10.1. The maximum atomic E-state index is 12.9. The number of hydrogen-bond acceptors (Lipinski definition) is 7. The van der Waals surface area contributed by atoms with E-state index in [1.54, 1.807) is 36.4 Å². The summed E-state index contributed by atoms with van der Waals surface area (Å²) in [5, 5.41) is 17.3. The lowest BCUT2D eigenvalue weighted by Crippen LogP contribution is -2.12. The normalized spacial score (nSPS) is 11.1. The van der Waals surface area contributed by atoms with Crippen molar-refractivity contribution in [1.82, 2.24) is 15.0 Å². The maximum absolute atomic E-state index is 12.9. The van der Waals surface area contributed by atoms with Crippen molar-refractivity contribution >= 4 is 57.5 Å². The van der Waals surface area contributed by atoms with E-state index in [1.165, 1.54) is 18.1 Å². The Morgan fingerprint density at radius 2 is 1.79 bits per heavy atom. The van der Waals surface area contributed by atoms with Crippen LogP contribution in [0.1, 0.15) is 35.8 Å². The second-order valence-corrected chi connectivity index (χ2v) is 10.4. The monoisotopic (exact) mass is 541 g/mol. The Kier molecular flexibility index (Phi) is 7.44. The quantitative estimate of drug-likeness (QED) is 0.194. The van der Waals surface area contributed by atoms with Crippen LogP contribution in [0.5, 0.6) is 5.75 Å². The van der Waals surface area contributed by atoms with Gasteiger partial charge in [-0.15, -0.1) is 0 Å². The number of fused-ring (bicyclic) bond motifs is 1. The molecule has 0 bridgehead atoms. The average molecular weight is 542 g/mol. The van der Waals surface area contributed by atoms with Gasteiger partial charge in [-0.05, 0) is 78.7 Å². The number of phenols is 1. The van der Waals surface area contributed by atoms with E-state index in [0.717, 1.165) is 26.6 Å². The molecule has 5 rings (SSSR count). The van der Waals surface area contributed by atoms with Crippen molar-refractivity contribution < 1.29 is 9.90 Å². The molecule has 3 aromatic carbocycles. The van der Waals surface area contributed by atoms with Crippen LogP contribution in [0, 0.1) is 0 Å². The number of aromatic nitrogens is 3. The highest BCUT2D eigenvalue weighted by Gasteiger charge is 2.14. The van der Waals surface area contributed by atoms with E-state index in [0.29, 0.717) is 27.7 Å². The van der Waals surface area contributed by atoms with Crippen molar-refractivity contribution in [2.45, 2.75) is 29.6 Å². The summed E-state index contributed by atoms with van der Waals surface area (Å²) in [5.41, 5.74) is 3.36. The molecule has 0 fully saturated rings. The number of pyridine rings is 1. The minimum atomic E-state index is -0.268. The number of hydrogen-bond donors (Lipinski definition) is 3. The molecule has 2 aromatic heterocycles. The Balaban J connectivity index is 1.51. The zero-order chi connectivity index (χ0) is 26.6. The minimum Gasteiger partial charge on any atom is -0.508 e. The minimum absolute atomic E-state index is 0.201. The van der Waals surface area contributed by atoms with E-state index in [1.807, 2.05) is 42.5 Å². The Labute approximate surface area is 229 Å². The Hall–Kier alpha value is -4.14. The second-order valence-electron chi connectivity index (χ2n) is 8.88. The SMILES string of the molecule is CC(C)c1ccc2c(Nc3cc(NC(=O)c4cccc(Cl)c4)ccc3Sc3ccc(O)cc3)ncnc2n1. The zero-order valence-electron chi connectivity index (χ0n) is 20.6. The van der Waals surface area contributed by atoms with Gasteiger partial charge in [0.05, 0.1) is 11.1 Å². The molecule has 0 spiro atoms. The molecule has 0 radical (unpaired) electrons. The Morgan fingerprint density at radius 3 is 2.55 bits per heavy atom. The van der Waals surface area contributed by atoms with Gasteiger partial charge in [0.25, 0.3) is 5.91 Å². The van der Waals surface area contributed by atoms with Crippen LogP contribution in [0.25, 0.3) is 11.0 Å². The highest BCUT2D eigenvalue weighted by atomic mass is 35.5. The lowest BCUT2D eigenvalue weighted by molar-refractivity contribution is 0.102. The summed E-state index contributed by atoms with van der Waals surface area (Å²) in [5.74, 6) is 0.810. The molecule has 0 aliphatic rings. The van der Waals surface area contributed by atoms with Gasteiger partial charge in [0, 0.05) is 31.8 Å². The summed E-state index contributed by atoms with van der Waals surface area (Å²) in [6.07, 6.45) is 1.49. The first kappa shape index (κ1) is 25.5. The number of nitrogens with zero attached hydrogens (tertiary/aromatic N) is 3.